The molecule has 6 heteroatoms. The summed E-state index contributed by atoms with van der Waals surface area (Å²) in [6.45, 7) is 0. The molecule has 1 aromatic heterocycles. The molecule has 0 amide bonds. The van der Waals surface area contributed by atoms with Crippen LogP contribution in [0.3, 0.4) is 0 Å². The summed E-state index contributed by atoms with van der Waals surface area (Å²) < 4.78 is 5.63. The molecule has 0 aromatic carbocycles. The van der Waals surface area contributed by atoms with E-state index in [0.717, 1.165) is 25.7 Å². The average Bonchev–Trinajstić information content (AvgIpc) is 3.03. The van der Waals surface area contributed by atoms with Crippen molar-refractivity contribution in [2.45, 2.75) is 31.8 Å². The van der Waals surface area contributed by atoms with E-state index in [-0.39, 0.29) is 17.9 Å². The summed E-state index contributed by atoms with van der Waals surface area (Å²) in [5.74, 6) is 2.13. The van der Waals surface area contributed by atoms with Crippen LogP contribution in [-0.4, -0.2) is 27.2 Å². The summed E-state index contributed by atoms with van der Waals surface area (Å²) in [5.41, 5.74) is 0. The highest BCUT2D eigenvalue weighted by Gasteiger charge is 2.40. The molecule has 0 saturated heterocycles. The Morgan fingerprint density at radius 1 is 1.47 bits per heavy atom. The van der Waals surface area contributed by atoms with Crippen molar-refractivity contribution in [1.29, 1.82) is 0 Å². The molecule has 1 aromatic rings. The number of terminal acetylenes is 1. The largest absolute Gasteiger partial charge is 0.534 e. The molecule has 1 fully saturated rings. The summed E-state index contributed by atoms with van der Waals surface area (Å²) in [5, 5.41) is 18.6. The fourth-order valence-electron chi connectivity index (χ4n) is 1.85. The molecule has 1 heterocycles. The fraction of sp³-hybridized carbons (Fsp3) is 0.462. The van der Waals surface area contributed by atoms with Gasteiger partial charge in [0.15, 0.2) is 0 Å². The lowest BCUT2D eigenvalue weighted by atomic mass is 10.2. The first-order chi connectivity index (χ1) is 9.11. The van der Waals surface area contributed by atoms with Crippen molar-refractivity contribution in [1.82, 2.24) is 4.73 Å². The number of rotatable bonds is 5. The molecule has 6 nitrogen and oxygen atoms in total. The van der Waals surface area contributed by atoms with Gasteiger partial charge in [0.2, 0.25) is 11.8 Å². The summed E-state index contributed by atoms with van der Waals surface area (Å²) in [6.07, 6.45) is 7.38. The number of nitrogens with zero attached hydrogens (tertiary/aromatic N) is 1. The first kappa shape index (κ1) is 13.1. The van der Waals surface area contributed by atoms with Gasteiger partial charge in [-0.2, -0.15) is 0 Å². The third-order valence-corrected chi connectivity index (χ3v) is 2.96. The number of carbonyl (C=O) groups excluding carboxylic acids is 1. The highest BCUT2D eigenvalue weighted by Crippen LogP contribution is 2.38. The highest BCUT2D eigenvalue weighted by molar-refractivity contribution is 5.61. The monoisotopic (exact) mass is 265 g/mol. The van der Waals surface area contributed by atoms with Crippen molar-refractivity contribution in [2.75, 3.05) is 0 Å². The Bertz CT molecular complexity index is 482. The minimum absolute atomic E-state index is 0.162. The molecule has 0 radical (unpaired) electrons. The first-order valence-corrected chi connectivity index (χ1v) is 6.04. The van der Waals surface area contributed by atoms with Crippen molar-refractivity contribution in [2.24, 2.45) is 5.92 Å². The number of unbranched alkanes of at least 4 members (excludes halogenated alkanes) is 1. The van der Waals surface area contributed by atoms with Gasteiger partial charge in [0, 0.05) is 18.6 Å². The van der Waals surface area contributed by atoms with Crippen molar-refractivity contribution < 1.29 is 24.6 Å². The number of ether oxygens (including phenoxy) is 1. The average molecular weight is 265 g/mol. The maximum absolute atomic E-state index is 11.4. The van der Waals surface area contributed by atoms with Gasteiger partial charge < -0.3 is 14.9 Å². The van der Waals surface area contributed by atoms with Gasteiger partial charge in [-0.25, -0.2) is 4.79 Å². The van der Waals surface area contributed by atoms with Gasteiger partial charge in [0.25, 0.3) is 0 Å². The van der Waals surface area contributed by atoms with E-state index in [4.69, 9.17) is 11.2 Å². The molecule has 0 bridgehead atoms. The fourth-order valence-corrected chi connectivity index (χ4v) is 1.85. The zero-order chi connectivity index (χ0) is 13.8. The summed E-state index contributed by atoms with van der Waals surface area (Å²) in [6, 6.07) is 2.39. The molecule has 2 N–H and O–H groups in total. The molecule has 1 saturated carbocycles. The summed E-state index contributed by atoms with van der Waals surface area (Å²) in [7, 11) is 0. The SMILES string of the molecule is C#CCCCC1CC1OC(=O)On1c(O)ccc1O. The Labute approximate surface area is 110 Å². The molecular weight excluding hydrogens is 250 g/mol. The van der Waals surface area contributed by atoms with E-state index < -0.39 is 6.16 Å². The van der Waals surface area contributed by atoms with Crippen LogP contribution in [0.5, 0.6) is 11.8 Å². The molecular formula is C13H15NO5. The number of hydrogen-bond donors (Lipinski definition) is 2. The summed E-state index contributed by atoms with van der Waals surface area (Å²) in [4.78, 5) is 16.1. The molecule has 2 atom stereocenters. The van der Waals surface area contributed by atoms with Crippen LogP contribution in [0.4, 0.5) is 4.79 Å². The Kier molecular flexibility index (Phi) is 3.85. The normalized spacial score (nSPS) is 20.6. The standard InChI is InChI=1S/C13H15NO5/c1-2-3-4-5-9-8-10(9)18-13(17)19-14-11(15)6-7-12(14)16/h1,6-7,9-10,15-16H,3-5,8H2. The van der Waals surface area contributed by atoms with Crippen LogP contribution in [0.25, 0.3) is 0 Å². The molecule has 102 valence electrons. The zero-order valence-electron chi connectivity index (χ0n) is 10.3. The second-order valence-electron chi connectivity index (χ2n) is 4.43. The smallest absolute Gasteiger partial charge is 0.492 e. The van der Waals surface area contributed by atoms with E-state index >= 15 is 0 Å². The Hall–Kier alpha value is -2.29. The van der Waals surface area contributed by atoms with Crippen LogP contribution in [0.15, 0.2) is 12.1 Å². The van der Waals surface area contributed by atoms with E-state index in [1.54, 1.807) is 0 Å². The van der Waals surface area contributed by atoms with Crippen molar-refractivity contribution in [3.8, 4) is 24.1 Å². The second kappa shape index (κ2) is 5.57. The van der Waals surface area contributed by atoms with Crippen LogP contribution < -0.4 is 4.84 Å². The third kappa shape index (κ3) is 3.35. The Morgan fingerprint density at radius 3 is 2.79 bits per heavy atom. The molecule has 2 unspecified atom stereocenters. The van der Waals surface area contributed by atoms with Gasteiger partial charge in [-0.1, -0.05) is 0 Å². The molecule has 0 spiro atoms. The first-order valence-electron chi connectivity index (χ1n) is 6.04. The number of aromatic hydroxyl groups is 2. The lowest BCUT2D eigenvalue weighted by Gasteiger charge is -2.07. The van der Waals surface area contributed by atoms with Crippen LogP contribution >= 0.6 is 0 Å². The highest BCUT2D eigenvalue weighted by atomic mass is 16.8. The van der Waals surface area contributed by atoms with Crippen molar-refractivity contribution in [3.63, 3.8) is 0 Å². The quantitative estimate of drug-likeness (QED) is 0.480. The lowest BCUT2D eigenvalue weighted by Crippen LogP contribution is -2.21. The minimum Gasteiger partial charge on any atom is -0.492 e. The molecule has 0 aliphatic heterocycles. The maximum Gasteiger partial charge on any atom is 0.534 e. The summed E-state index contributed by atoms with van der Waals surface area (Å²) >= 11 is 0. The minimum atomic E-state index is -0.953. The van der Waals surface area contributed by atoms with Gasteiger partial charge >= 0.3 is 6.16 Å². The van der Waals surface area contributed by atoms with Crippen molar-refractivity contribution in [3.05, 3.63) is 12.1 Å². The van der Waals surface area contributed by atoms with E-state index in [2.05, 4.69) is 10.8 Å². The van der Waals surface area contributed by atoms with Gasteiger partial charge in [0.05, 0.1) is 0 Å². The lowest BCUT2D eigenvalue weighted by molar-refractivity contribution is 0.0278. The van der Waals surface area contributed by atoms with Gasteiger partial charge in [-0.15, -0.1) is 17.1 Å². The molecule has 1 aliphatic carbocycles. The second-order valence-corrected chi connectivity index (χ2v) is 4.43. The van der Waals surface area contributed by atoms with Gasteiger partial charge in [-0.05, 0) is 25.2 Å². The molecule has 2 rings (SSSR count). The van der Waals surface area contributed by atoms with E-state index in [1.807, 2.05) is 0 Å². The maximum atomic E-state index is 11.4. The van der Waals surface area contributed by atoms with Crippen LogP contribution in [0.2, 0.25) is 0 Å². The van der Waals surface area contributed by atoms with Crippen molar-refractivity contribution >= 4 is 6.16 Å². The predicted octanol–water partition coefficient (Wildman–Crippen LogP) is 1.66. The van der Waals surface area contributed by atoms with Crippen LogP contribution in [0.1, 0.15) is 25.7 Å². The van der Waals surface area contributed by atoms with E-state index in [9.17, 15) is 15.0 Å². The van der Waals surface area contributed by atoms with Crippen LogP contribution in [0, 0.1) is 18.3 Å². The number of carbonyl (C=O) groups is 1. The topological polar surface area (TPSA) is 80.9 Å². The van der Waals surface area contributed by atoms with Gasteiger partial charge in [-0.3, -0.25) is 4.84 Å². The molecule has 19 heavy (non-hydrogen) atoms. The number of aromatic nitrogens is 1. The predicted molar refractivity (Wildman–Crippen MR) is 65.4 cm³/mol. The van der Waals surface area contributed by atoms with Crippen LogP contribution in [-0.2, 0) is 4.74 Å². The Balaban J connectivity index is 1.73. The van der Waals surface area contributed by atoms with Gasteiger partial charge in [0.1, 0.15) is 6.10 Å². The number of hydrogen-bond acceptors (Lipinski definition) is 5. The van der Waals surface area contributed by atoms with E-state index in [1.165, 1.54) is 12.1 Å². The van der Waals surface area contributed by atoms with E-state index in [0.29, 0.717) is 10.6 Å². The molecule has 1 aliphatic rings. The zero-order valence-corrected chi connectivity index (χ0v) is 10.3. The Morgan fingerprint density at radius 2 is 2.16 bits per heavy atom. The third-order valence-electron chi connectivity index (χ3n) is 2.96.